The van der Waals surface area contributed by atoms with Gasteiger partial charge in [-0.05, 0) is 25.7 Å². The molecule has 2 aliphatic carbocycles. The molecule has 0 unspecified atom stereocenters. The molecule has 0 amide bonds. The maximum atomic E-state index is 5.07. The Morgan fingerprint density at radius 3 is 2.50 bits per heavy atom. The molecule has 0 spiro atoms. The second-order valence-electron chi connectivity index (χ2n) is 3.15. The Morgan fingerprint density at radius 1 is 1.20 bits per heavy atom. The molecule has 0 aliphatic heterocycles. The van der Waals surface area contributed by atoms with Gasteiger partial charge in [-0.1, -0.05) is 11.6 Å². The summed E-state index contributed by atoms with van der Waals surface area (Å²) in [6.07, 6.45) is 9.68. The van der Waals surface area contributed by atoms with E-state index in [0.717, 1.165) is 0 Å². The van der Waals surface area contributed by atoms with Crippen LogP contribution in [0.25, 0.3) is 0 Å². The molecule has 2 saturated carbocycles. The second kappa shape index (κ2) is 2.60. The van der Waals surface area contributed by atoms with Crippen LogP contribution in [-0.4, -0.2) is 12.3 Å². The summed E-state index contributed by atoms with van der Waals surface area (Å²) in [5, 5.41) is 3.81. The molecule has 0 heterocycles. The van der Waals surface area contributed by atoms with Crippen LogP contribution < -0.4 is 0 Å². The fraction of sp³-hybridized carbons (Fsp3) is 0.875. The van der Waals surface area contributed by atoms with Crippen molar-refractivity contribution in [3.63, 3.8) is 0 Å². The summed E-state index contributed by atoms with van der Waals surface area (Å²) in [6, 6.07) is 0. The number of hydrogen-bond acceptors (Lipinski definition) is 2. The normalized spacial score (nSPS) is 26.8. The molecule has 0 saturated heterocycles. The summed E-state index contributed by atoms with van der Waals surface area (Å²) in [7, 11) is 0. The van der Waals surface area contributed by atoms with Gasteiger partial charge in [-0.3, -0.25) is 0 Å². The quantitative estimate of drug-likeness (QED) is 0.430. The van der Waals surface area contributed by atoms with Crippen molar-refractivity contribution < 1.29 is 4.84 Å². The Morgan fingerprint density at radius 2 is 2.00 bits per heavy atom. The van der Waals surface area contributed by atoms with E-state index in [1.54, 1.807) is 0 Å². The molecule has 0 aromatic heterocycles. The highest BCUT2D eigenvalue weighted by Crippen LogP contribution is 2.26. The van der Waals surface area contributed by atoms with Gasteiger partial charge in [0.15, 0.2) is 0 Å². The number of hydrogen-bond donors (Lipinski definition) is 0. The lowest BCUT2D eigenvalue weighted by Crippen LogP contribution is -2.12. The summed E-state index contributed by atoms with van der Waals surface area (Å²) < 4.78 is 0. The van der Waals surface area contributed by atoms with Gasteiger partial charge in [0.2, 0.25) is 0 Å². The Bertz CT molecular complexity index is 136. The zero-order chi connectivity index (χ0) is 6.81. The predicted octanol–water partition coefficient (Wildman–Crippen LogP) is 1.83. The van der Waals surface area contributed by atoms with Gasteiger partial charge in [0.1, 0.15) is 12.3 Å². The molecular weight excluding hydrogens is 126 g/mol. The SMILES string of the molecule is [C](=N\OC1CC1)/C1CCC1. The van der Waals surface area contributed by atoms with E-state index < -0.39 is 0 Å². The average Bonchev–Trinajstić information content (AvgIpc) is 2.58. The average molecular weight is 138 g/mol. The Hall–Kier alpha value is -0.530. The summed E-state index contributed by atoms with van der Waals surface area (Å²) >= 11 is 0. The zero-order valence-electron chi connectivity index (χ0n) is 6.05. The van der Waals surface area contributed by atoms with Crippen LogP contribution in [0.5, 0.6) is 0 Å². The lowest BCUT2D eigenvalue weighted by atomic mass is 9.87. The molecule has 0 N–H and O–H groups in total. The third kappa shape index (κ3) is 1.49. The van der Waals surface area contributed by atoms with Crippen LogP contribution in [0.1, 0.15) is 32.1 Å². The largest absolute Gasteiger partial charge is 0.392 e. The first-order chi connectivity index (χ1) is 4.95. The summed E-state index contributed by atoms with van der Waals surface area (Å²) in [4.78, 5) is 5.07. The molecule has 10 heavy (non-hydrogen) atoms. The van der Waals surface area contributed by atoms with Crippen molar-refractivity contribution in [1.82, 2.24) is 0 Å². The smallest absolute Gasteiger partial charge is 0.127 e. The highest BCUT2D eigenvalue weighted by Gasteiger charge is 2.23. The van der Waals surface area contributed by atoms with Crippen molar-refractivity contribution >= 4 is 6.21 Å². The Kier molecular flexibility index (Phi) is 1.61. The maximum absolute atomic E-state index is 5.07. The molecule has 2 aliphatic rings. The van der Waals surface area contributed by atoms with Crippen LogP contribution in [0.4, 0.5) is 0 Å². The van der Waals surface area contributed by atoms with E-state index in [0.29, 0.717) is 12.0 Å². The van der Waals surface area contributed by atoms with E-state index in [2.05, 4.69) is 11.4 Å². The molecule has 0 atom stereocenters. The highest BCUT2D eigenvalue weighted by molar-refractivity contribution is 5.60. The molecule has 0 aromatic rings. The first-order valence-electron chi connectivity index (χ1n) is 4.06. The van der Waals surface area contributed by atoms with E-state index >= 15 is 0 Å². The lowest BCUT2D eigenvalue weighted by molar-refractivity contribution is 0.128. The van der Waals surface area contributed by atoms with E-state index in [9.17, 15) is 0 Å². The van der Waals surface area contributed by atoms with Crippen molar-refractivity contribution in [1.29, 1.82) is 0 Å². The third-order valence-corrected chi connectivity index (χ3v) is 2.07. The summed E-state index contributed by atoms with van der Waals surface area (Å²) in [5.74, 6) is 0.610. The third-order valence-electron chi connectivity index (χ3n) is 2.07. The lowest BCUT2D eigenvalue weighted by Gasteiger charge is -2.18. The van der Waals surface area contributed by atoms with E-state index in [-0.39, 0.29) is 0 Å². The van der Waals surface area contributed by atoms with Crippen LogP contribution in [-0.2, 0) is 4.84 Å². The molecule has 0 bridgehead atoms. The van der Waals surface area contributed by atoms with Gasteiger partial charge in [-0.2, -0.15) is 0 Å². The molecule has 55 valence electrons. The minimum Gasteiger partial charge on any atom is -0.392 e. The van der Waals surface area contributed by atoms with Crippen LogP contribution >= 0.6 is 0 Å². The van der Waals surface area contributed by atoms with Crippen LogP contribution in [0.3, 0.4) is 0 Å². The van der Waals surface area contributed by atoms with Crippen molar-refractivity contribution in [3.05, 3.63) is 0 Å². The van der Waals surface area contributed by atoms with Crippen molar-refractivity contribution in [2.24, 2.45) is 11.1 Å². The van der Waals surface area contributed by atoms with Gasteiger partial charge >= 0.3 is 0 Å². The predicted molar refractivity (Wildman–Crippen MR) is 38.9 cm³/mol. The van der Waals surface area contributed by atoms with Gasteiger partial charge in [0.05, 0.1) is 0 Å². The van der Waals surface area contributed by atoms with Gasteiger partial charge in [0, 0.05) is 5.92 Å². The van der Waals surface area contributed by atoms with E-state index in [1.165, 1.54) is 32.1 Å². The summed E-state index contributed by atoms with van der Waals surface area (Å²) in [6.45, 7) is 0. The standard InChI is InChI=1S/C8H12NO/c1-2-7(3-1)6-9-10-8-4-5-8/h7-8H,1-5H2. The first kappa shape index (κ1) is 6.20. The maximum Gasteiger partial charge on any atom is 0.127 e. The van der Waals surface area contributed by atoms with Crippen LogP contribution in [0.15, 0.2) is 5.16 Å². The Labute approximate surface area is 61.2 Å². The van der Waals surface area contributed by atoms with Crippen molar-refractivity contribution in [2.75, 3.05) is 0 Å². The molecular formula is C8H12NO. The Balaban J connectivity index is 1.61. The van der Waals surface area contributed by atoms with Gasteiger partial charge in [-0.15, -0.1) is 0 Å². The van der Waals surface area contributed by atoms with Crippen molar-refractivity contribution in [2.45, 2.75) is 38.2 Å². The molecule has 0 aromatic carbocycles. The molecule has 2 heteroatoms. The van der Waals surface area contributed by atoms with Gasteiger partial charge < -0.3 is 4.84 Å². The topological polar surface area (TPSA) is 21.6 Å². The molecule has 2 nitrogen and oxygen atoms in total. The molecule has 2 rings (SSSR count). The van der Waals surface area contributed by atoms with E-state index in [4.69, 9.17) is 4.84 Å². The minimum atomic E-state index is 0.438. The molecule has 2 fully saturated rings. The van der Waals surface area contributed by atoms with Gasteiger partial charge in [0.25, 0.3) is 0 Å². The number of nitrogens with zero attached hydrogens (tertiary/aromatic N) is 1. The fourth-order valence-electron chi connectivity index (χ4n) is 0.890. The zero-order valence-corrected chi connectivity index (χ0v) is 6.05. The second-order valence-corrected chi connectivity index (χ2v) is 3.15. The fourth-order valence-corrected chi connectivity index (χ4v) is 0.890. The minimum absolute atomic E-state index is 0.438. The van der Waals surface area contributed by atoms with E-state index in [1.807, 2.05) is 0 Å². The monoisotopic (exact) mass is 138 g/mol. The van der Waals surface area contributed by atoms with Crippen molar-refractivity contribution in [3.8, 4) is 0 Å². The van der Waals surface area contributed by atoms with Gasteiger partial charge in [-0.25, -0.2) is 0 Å². The molecule has 1 radical (unpaired) electrons. The number of rotatable bonds is 3. The van der Waals surface area contributed by atoms with Crippen LogP contribution in [0.2, 0.25) is 0 Å². The first-order valence-corrected chi connectivity index (χ1v) is 4.06. The summed E-state index contributed by atoms with van der Waals surface area (Å²) in [5.41, 5.74) is 0. The van der Waals surface area contributed by atoms with Crippen LogP contribution in [0, 0.1) is 5.92 Å². The highest BCUT2D eigenvalue weighted by atomic mass is 16.6.